The van der Waals surface area contributed by atoms with Gasteiger partial charge in [-0.05, 0) is 19.1 Å². The van der Waals surface area contributed by atoms with Gasteiger partial charge < -0.3 is 15.5 Å². The van der Waals surface area contributed by atoms with Gasteiger partial charge in [-0.15, -0.1) is 0 Å². The monoisotopic (exact) mass is 301 g/mol. The Morgan fingerprint density at radius 2 is 2.00 bits per heavy atom. The quantitative estimate of drug-likeness (QED) is 0.822. The van der Waals surface area contributed by atoms with E-state index in [2.05, 4.69) is 11.1 Å². The van der Waals surface area contributed by atoms with Crippen molar-refractivity contribution >= 4 is 22.6 Å². The molecule has 2 aromatic rings. The maximum absolute atomic E-state index is 12.9. The van der Waals surface area contributed by atoms with Gasteiger partial charge in [0.25, 0.3) is 5.91 Å². The number of nitrogens with one attached hydrogen (secondary N) is 1. The van der Waals surface area contributed by atoms with Gasteiger partial charge in [0.2, 0.25) is 0 Å². The molecule has 0 radical (unpaired) electrons. The summed E-state index contributed by atoms with van der Waals surface area (Å²) in [7, 11) is 0. The van der Waals surface area contributed by atoms with E-state index in [1.165, 1.54) is 12.1 Å². The lowest BCUT2D eigenvalue weighted by Gasteiger charge is -2.10. The van der Waals surface area contributed by atoms with Crippen LogP contribution in [0.2, 0.25) is 0 Å². The van der Waals surface area contributed by atoms with Crippen LogP contribution in [-0.2, 0) is 11.0 Å². The highest BCUT2D eigenvalue weighted by atomic mass is 19.4. The molecular weight excluding hydrogens is 289 g/mol. The van der Waals surface area contributed by atoms with E-state index in [0.717, 1.165) is 6.07 Å². The molecule has 0 spiro atoms. The number of rotatable bonds is 2. The summed E-state index contributed by atoms with van der Waals surface area (Å²) in [6, 6.07) is 3.49. The van der Waals surface area contributed by atoms with Crippen LogP contribution in [0, 0.1) is 0 Å². The molecule has 0 aliphatic carbocycles. The minimum absolute atomic E-state index is 0.227. The van der Waals surface area contributed by atoms with E-state index in [-0.39, 0.29) is 16.7 Å². The number of hydrogen-bond donors (Lipinski definition) is 2. The van der Waals surface area contributed by atoms with Gasteiger partial charge in [0, 0.05) is 23.2 Å². The number of carbonyl (C=O) groups is 1. The van der Waals surface area contributed by atoms with E-state index >= 15 is 0 Å². The molecule has 5 nitrogen and oxygen atoms in total. The first-order valence-electron chi connectivity index (χ1n) is 5.97. The molecule has 1 heterocycles. The molecule has 8 heteroatoms. The van der Waals surface area contributed by atoms with Crippen molar-refractivity contribution in [2.45, 2.75) is 19.1 Å². The molecule has 0 saturated heterocycles. The Labute approximate surface area is 116 Å². The number of alkyl halides is 3. The Morgan fingerprint density at radius 3 is 2.57 bits per heavy atom. The molecule has 0 aliphatic rings. The maximum atomic E-state index is 12.9. The number of fused-ring (bicyclic) bond motifs is 1. The Morgan fingerprint density at radius 1 is 1.33 bits per heavy atom. The summed E-state index contributed by atoms with van der Waals surface area (Å²) in [5, 5.41) is 2.22. The third kappa shape index (κ3) is 3.22. The average molecular weight is 301 g/mol. The van der Waals surface area contributed by atoms with Gasteiger partial charge in [-0.1, -0.05) is 0 Å². The molecule has 21 heavy (non-hydrogen) atoms. The van der Waals surface area contributed by atoms with Crippen molar-refractivity contribution < 1.29 is 28.1 Å². The maximum Gasteiger partial charge on any atom is 0.417 e. The molecule has 4 N–H and O–H groups in total. The number of benzene rings is 1. The van der Waals surface area contributed by atoms with Crippen LogP contribution in [0.1, 0.15) is 12.5 Å². The van der Waals surface area contributed by atoms with E-state index < -0.39 is 29.3 Å². The zero-order valence-corrected chi connectivity index (χ0v) is 11.0. The molecule has 0 saturated carbocycles. The highest BCUT2D eigenvalue weighted by molar-refractivity contribution is 5.95. The first-order valence-corrected chi connectivity index (χ1v) is 5.97. The summed E-state index contributed by atoms with van der Waals surface area (Å²) in [6.45, 7) is 1.57. The van der Waals surface area contributed by atoms with E-state index in [9.17, 15) is 22.8 Å². The van der Waals surface area contributed by atoms with Gasteiger partial charge in [0.05, 0.1) is 5.56 Å². The molecule has 1 atom stereocenters. The van der Waals surface area contributed by atoms with Crippen LogP contribution in [0.15, 0.2) is 33.5 Å². The predicted octanol–water partition coefficient (Wildman–Crippen LogP) is 1.38. The third-order valence-electron chi connectivity index (χ3n) is 2.77. The number of anilines is 1. The second-order valence-corrected chi connectivity index (χ2v) is 4.58. The molecule has 0 aliphatic heterocycles. The van der Waals surface area contributed by atoms with Crippen LogP contribution in [0.25, 0.3) is 11.0 Å². The largest absolute Gasteiger partial charge is 0.423 e. The molecule has 0 bridgehead atoms. The summed E-state index contributed by atoms with van der Waals surface area (Å²) < 4.78 is 43.3. The van der Waals surface area contributed by atoms with Crippen LogP contribution in [0.4, 0.5) is 18.9 Å². The van der Waals surface area contributed by atoms with Gasteiger partial charge in [0.15, 0.2) is 6.04 Å². The molecule has 2 rings (SSSR count). The highest BCUT2D eigenvalue weighted by Crippen LogP contribution is 2.34. The van der Waals surface area contributed by atoms with Gasteiger partial charge in [-0.25, -0.2) is 4.79 Å². The Kier molecular flexibility index (Phi) is 3.73. The smallest absolute Gasteiger partial charge is 0.417 e. The van der Waals surface area contributed by atoms with E-state index in [1.54, 1.807) is 6.92 Å². The first-order chi connectivity index (χ1) is 9.68. The normalized spacial score (nSPS) is 13.2. The lowest BCUT2D eigenvalue weighted by molar-refractivity contribution is -0.396. The van der Waals surface area contributed by atoms with Gasteiger partial charge in [-0.2, -0.15) is 13.2 Å². The lowest BCUT2D eigenvalue weighted by Crippen LogP contribution is -2.64. The number of halogens is 3. The van der Waals surface area contributed by atoms with Crippen LogP contribution in [0.3, 0.4) is 0 Å². The van der Waals surface area contributed by atoms with E-state index in [0.29, 0.717) is 6.07 Å². The highest BCUT2D eigenvalue weighted by Gasteiger charge is 2.33. The minimum Gasteiger partial charge on any atom is -0.423 e. The fraction of sp³-hybridized carbons (Fsp3) is 0.231. The minimum atomic E-state index is -4.67. The fourth-order valence-corrected chi connectivity index (χ4v) is 1.74. The van der Waals surface area contributed by atoms with Crippen LogP contribution in [0.5, 0.6) is 0 Å². The fourth-order valence-electron chi connectivity index (χ4n) is 1.74. The number of hydrogen-bond acceptors (Lipinski definition) is 3. The summed E-state index contributed by atoms with van der Waals surface area (Å²) in [5.74, 6) is -0.399. The van der Waals surface area contributed by atoms with E-state index in [4.69, 9.17) is 4.42 Å². The molecule has 1 aromatic carbocycles. The van der Waals surface area contributed by atoms with Crippen LogP contribution >= 0.6 is 0 Å². The average Bonchev–Trinajstić information content (AvgIpc) is 2.36. The summed E-state index contributed by atoms with van der Waals surface area (Å²) >= 11 is 0. The molecule has 1 aromatic heterocycles. The Bertz CT molecular complexity index is 750. The third-order valence-corrected chi connectivity index (χ3v) is 2.77. The van der Waals surface area contributed by atoms with Crippen LogP contribution < -0.4 is 16.7 Å². The SMILES string of the molecule is C[C@H]([NH3+])C(=O)Nc1ccc2c(C(F)(F)F)cc(=O)oc2c1. The van der Waals surface area contributed by atoms with E-state index in [1.807, 2.05) is 0 Å². The van der Waals surface area contributed by atoms with Crippen molar-refractivity contribution in [3.8, 4) is 0 Å². The van der Waals surface area contributed by atoms with Crippen molar-refractivity contribution in [3.63, 3.8) is 0 Å². The van der Waals surface area contributed by atoms with Gasteiger partial charge >= 0.3 is 11.8 Å². The molecule has 0 unspecified atom stereocenters. The summed E-state index contributed by atoms with van der Waals surface area (Å²) in [6.07, 6.45) is -4.67. The number of amides is 1. The Hall–Kier alpha value is -2.35. The number of carbonyl (C=O) groups excluding carboxylic acids is 1. The van der Waals surface area contributed by atoms with Crippen molar-refractivity contribution in [1.82, 2.24) is 0 Å². The lowest BCUT2D eigenvalue weighted by atomic mass is 10.1. The van der Waals surface area contributed by atoms with Crippen LogP contribution in [-0.4, -0.2) is 11.9 Å². The molecular formula is C13H12F3N2O3+. The number of quaternary nitrogens is 1. The zero-order valence-electron chi connectivity index (χ0n) is 11.0. The molecule has 1 amide bonds. The van der Waals surface area contributed by atoms with Crippen molar-refractivity contribution in [2.75, 3.05) is 5.32 Å². The summed E-state index contributed by atoms with van der Waals surface area (Å²) in [5.41, 5.74) is 1.32. The topological polar surface area (TPSA) is 87.0 Å². The van der Waals surface area contributed by atoms with Crippen molar-refractivity contribution in [1.29, 1.82) is 0 Å². The zero-order chi connectivity index (χ0) is 15.8. The van der Waals surface area contributed by atoms with Crippen molar-refractivity contribution in [2.24, 2.45) is 0 Å². The first kappa shape index (κ1) is 15.0. The second-order valence-electron chi connectivity index (χ2n) is 4.58. The molecule has 112 valence electrons. The standard InChI is InChI=1S/C13H11F3N2O3/c1-6(17)12(20)18-7-2-3-8-9(13(14,15)16)5-11(19)21-10(8)4-7/h2-6H,17H2,1H3,(H,18,20)/p+1/t6-/m0/s1. The predicted molar refractivity (Wildman–Crippen MR) is 68.5 cm³/mol. The van der Waals surface area contributed by atoms with Gasteiger partial charge in [0.1, 0.15) is 5.58 Å². The van der Waals surface area contributed by atoms with Crippen molar-refractivity contribution in [3.05, 3.63) is 40.2 Å². The Balaban J connectivity index is 2.55. The summed E-state index contributed by atoms with van der Waals surface area (Å²) in [4.78, 5) is 22.7. The van der Waals surface area contributed by atoms with Gasteiger partial charge in [-0.3, -0.25) is 4.79 Å². The second kappa shape index (κ2) is 5.21. The molecule has 0 fully saturated rings.